The number of hydrogen-bond acceptors (Lipinski definition) is 4. The van der Waals surface area contributed by atoms with Crippen LogP contribution in [0.25, 0.3) is 0 Å². The van der Waals surface area contributed by atoms with Gasteiger partial charge in [0.15, 0.2) is 0 Å². The van der Waals surface area contributed by atoms with E-state index in [9.17, 15) is 19.3 Å². The minimum atomic E-state index is -1.10. The van der Waals surface area contributed by atoms with E-state index in [1.807, 2.05) is 0 Å². The number of nitro groups is 1. The molecule has 0 aliphatic heterocycles. The number of nitro benzene ring substituents is 1. The Balaban J connectivity index is 2.57. The van der Waals surface area contributed by atoms with E-state index < -0.39 is 28.4 Å². The number of aliphatic hydroxyl groups excluding tert-OH is 1. The van der Waals surface area contributed by atoms with Crippen LogP contribution in [0, 0.1) is 15.9 Å². The zero-order valence-corrected chi connectivity index (χ0v) is 9.72. The van der Waals surface area contributed by atoms with Crippen LogP contribution >= 0.6 is 0 Å². The summed E-state index contributed by atoms with van der Waals surface area (Å²) >= 11 is 0. The highest BCUT2D eigenvalue weighted by Crippen LogP contribution is 2.17. The third kappa shape index (κ3) is 3.77. The van der Waals surface area contributed by atoms with Gasteiger partial charge in [-0.2, -0.15) is 4.39 Å². The fourth-order valence-corrected chi connectivity index (χ4v) is 1.33. The summed E-state index contributed by atoms with van der Waals surface area (Å²) in [6.07, 6.45) is -0.772. The average molecular weight is 256 g/mol. The minimum Gasteiger partial charge on any atom is -0.384 e. The molecule has 2 N–H and O–H groups in total. The zero-order chi connectivity index (χ0) is 13.7. The highest BCUT2D eigenvalue weighted by molar-refractivity contribution is 5.79. The topological polar surface area (TPSA) is 92.5 Å². The molecule has 0 aliphatic carbocycles. The summed E-state index contributed by atoms with van der Waals surface area (Å²) in [6.45, 7) is 1.56. The Kier molecular flexibility index (Phi) is 4.73. The van der Waals surface area contributed by atoms with E-state index in [2.05, 4.69) is 5.32 Å². The second-order valence-corrected chi connectivity index (χ2v) is 3.76. The molecule has 1 aromatic rings. The maximum atomic E-state index is 13.2. The number of nitrogens with zero attached hydrogens (tertiary/aromatic N) is 1. The van der Waals surface area contributed by atoms with Gasteiger partial charge in [-0.05, 0) is 25.0 Å². The van der Waals surface area contributed by atoms with Gasteiger partial charge < -0.3 is 10.4 Å². The van der Waals surface area contributed by atoms with Crippen LogP contribution in [0.2, 0.25) is 0 Å². The molecule has 98 valence electrons. The quantitative estimate of drug-likeness (QED) is 0.601. The Morgan fingerprint density at radius 2 is 2.28 bits per heavy atom. The molecule has 0 bridgehead atoms. The fraction of sp³-hybridized carbons (Fsp3) is 0.364. The van der Waals surface area contributed by atoms with Crippen molar-refractivity contribution >= 4 is 11.6 Å². The summed E-state index contributed by atoms with van der Waals surface area (Å²) < 4.78 is 13.2. The van der Waals surface area contributed by atoms with E-state index in [0.717, 1.165) is 12.1 Å². The number of aliphatic hydroxyl groups is 1. The van der Waals surface area contributed by atoms with E-state index in [4.69, 9.17) is 5.11 Å². The van der Waals surface area contributed by atoms with Crippen molar-refractivity contribution in [2.75, 3.05) is 6.54 Å². The number of hydrogen-bond donors (Lipinski definition) is 2. The van der Waals surface area contributed by atoms with Crippen LogP contribution in [0.3, 0.4) is 0 Å². The third-order valence-electron chi connectivity index (χ3n) is 2.30. The molecule has 1 atom stereocenters. The van der Waals surface area contributed by atoms with Crippen molar-refractivity contribution in [2.24, 2.45) is 0 Å². The predicted octanol–water partition coefficient (Wildman–Crippen LogP) is 0.773. The van der Waals surface area contributed by atoms with E-state index >= 15 is 0 Å². The standard InChI is InChI=1S/C11H13FN2O4/c1-7(15)11(16)13-5-4-8-2-3-10(14(17)18)9(12)6-8/h2-3,6-7,15H,4-5H2,1H3,(H,13,16)/t7-/m0/s1. The Morgan fingerprint density at radius 1 is 1.61 bits per heavy atom. The van der Waals surface area contributed by atoms with Crippen LogP contribution in [0.5, 0.6) is 0 Å². The third-order valence-corrected chi connectivity index (χ3v) is 2.30. The van der Waals surface area contributed by atoms with Crippen LogP contribution < -0.4 is 5.32 Å². The van der Waals surface area contributed by atoms with Crippen molar-refractivity contribution in [1.82, 2.24) is 5.32 Å². The van der Waals surface area contributed by atoms with Gasteiger partial charge in [-0.3, -0.25) is 14.9 Å². The number of nitrogens with one attached hydrogen (secondary N) is 1. The van der Waals surface area contributed by atoms with Gasteiger partial charge in [0.05, 0.1) is 4.92 Å². The molecule has 1 aromatic carbocycles. The maximum absolute atomic E-state index is 13.2. The molecule has 0 saturated carbocycles. The van der Waals surface area contributed by atoms with Gasteiger partial charge in [0.25, 0.3) is 0 Å². The lowest BCUT2D eigenvalue weighted by molar-refractivity contribution is -0.387. The summed E-state index contributed by atoms with van der Waals surface area (Å²) in [5.74, 6) is -1.42. The molecule has 1 rings (SSSR count). The molecule has 1 amide bonds. The van der Waals surface area contributed by atoms with Gasteiger partial charge >= 0.3 is 5.69 Å². The molecule has 0 heterocycles. The molecule has 0 spiro atoms. The lowest BCUT2D eigenvalue weighted by Crippen LogP contribution is -2.33. The largest absolute Gasteiger partial charge is 0.384 e. The lowest BCUT2D eigenvalue weighted by Gasteiger charge is -2.07. The second kappa shape index (κ2) is 6.06. The van der Waals surface area contributed by atoms with Crippen molar-refractivity contribution in [1.29, 1.82) is 0 Å². The van der Waals surface area contributed by atoms with E-state index in [0.29, 0.717) is 12.0 Å². The molecule has 0 fully saturated rings. The number of carbonyl (C=O) groups is 1. The van der Waals surface area contributed by atoms with Gasteiger partial charge in [0, 0.05) is 12.6 Å². The molecule has 0 unspecified atom stereocenters. The first kappa shape index (κ1) is 14.0. The van der Waals surface area contributed by atoms with E-state index in [-0.39, 0.29) is 6.54 Å². The van der Waals surface area contributed by atoms with Crippen molar-refractivity contribution < 1.29 is 19.2 Å². The molecule has 0 radical (unpaired) electrons. The molecule has 0 saturated heterocycles. The van der Waals surface area contributed by atoms with Gasteiger partial charge in [-0.25, -0.2) is 0 Å². The number of carbonyl (C=O) groups excluding carboxylic acids is 1. The van der Waals surface area contributed by atoms with Crippen LogP contribution in [-0.2, 0) is 11.2 Å². The van der Waals surface area contributed by atoms with Gasteiger partial charge in [-0.15, -0.1) is 0 Å². The number of amides is 1. The van der Waals surface area contributed by atoms with Crippen LogP contribution in [0.4, 0.5) is 10.1 Å². The maximum Gasteiger partial charge on any atom is 0.304 e. The van der Waals surface area contributed by atoms with Gasteiger partial charge in [-0.1, -0.05) is 6.07 Å². The highest BCUT2D eigenvalue weighted by Gasteiger charge is 2.13. The Morgan fingerprint density at radius 3 is 2.78 bits per heavy atom. The summed E-state index contributed by atoms with van der Waals surface area (Å²) in [5.41, 5.74) is -0.0456. The molecule has 7 heteroatoms. The second-order valence-electron chi connectivity index (χ2n) is 3.76. The first-order valence-electron chi connectivity index (χ1n) is 5.30. The predicted molar refractivity (Wildman–Crippen MR) is 61.4 cm³/mol. The summed E-state index contributed by atoms with van der Waals surface area (Å²) in [4.78, 5) is 20.6. The monoisotopic (exact) mass is 256 g/mol. The Hall–Kier alpha value is -2.02. The average Bonchev–Trinajstić information content (AvgIpc) is 2.28. The zero-order valence-electron chi connectivity index (χ0n) is 9.72. The van der Waals surface area contributed by atoms with Crippen molar-refractivity contribution in [3.05, 3.63) is 39.7 Å². The first-order valence-corrected chi connectivity index (χ1v) is 5.30. The summed E-state index contributed by atoms with van der Waals surface area (Å²) in [6, 6.07) is 3.57. The highest BCUT2D eigenvalue weighted by atomic mass is 19.1. The van der Waals surface area contributed by atoms with Crippen LogP contribution in [-0.4, -0.2) is 28.6 Å². The first-order chi connectivity index (χ1) is 8.41. The normalized spacial score (nSPS) is 11.9. The van der Waals surface area contributed by atoms with Gasteiger partial charge in [0.1, 0.15) is 6.10 Å². The number of rotatable bonds is 5. The summed E-state index contributed by atoms with van der Waals surface area (Å²) in [5, 5.41) is 21.7. The minimum absolute atomic E-state index is 0.223. The molecule has 0 aliphatic rings. The smallest absolute Gasteiger partial charge is 0.304 e. The SMILES string of the molecule is C[C@H](O)C(=O)NCCc1ccc([N+](=O)[O-])c(F)c1. The van der Waals surface area contributed by atoms with Crippen LogP contribution in [0.1, 0.15) is 12.5 Å². The molecule has 18 heavy (non-hydrogen) atoms. The van der Waals surface area contributed by atoms with Crippen LogP contribution in [0.15, 0.2) is 18.2 Å². The molecular formula is C11H13FN2O4. The van der Waals surface area contributed by atoms with E-state index in [1.54, 1.807) is 0 Å². The van der Waals surface area contributed by atoms with Crippen molar-refractivity contribution in [3.8, 4) is 0 Å². The number of benzene rings is 1. The number of halogens is 1. The van der Waals surface area contributed by atoms with Gasteiger partial charge in [0.2, 0.25) is 11.7 Å². The molecule has 6 nitrogen and oxygen atoms in total. The molecular weight excluding hydrogens is 243 g/mol. The summed E-state index contributed by atoms with van der Waals surface area (Å²) in [7, 11) is 0. The Bertz CT molecular complexity index is 462. The molecule has 0 aromatic heterocycles. The fourth-order valence-electron chi connectivity index (χ4n) is 1.33. The lowest BCUT2D eigenvalue weighted by atomic mass is 10.1. The van der Waals surface area contributed by atoms with E-state index in [1.165, 1.54) is 13.0 Å². The Labute approximate surface area is 103 Å². The van der Waals surface area contributed by atoms with Crippen molar-refractivity contribution in [2.45, 2.75) is 19.4 Å². The van der Waals surface area contributed by atoms with Crippen molar-refractivity contribution in [3.63, 3.8) is 0 Å².